The van der Waals surface area contributed by atoms with E-state index in [0.29, 0.717) is 24.5 Å². The zero-order chi connectivity index (χ0) is 17.1. The smallest absolute Gasteiger partial charge is 0.274 e. The molecule has 2 aromatic rings. The number of nitrogens with one attached hydrogen (secondary N) is 1. The van der Waals surface area contributed by atoms with Gasteiger partial charge in [-0.25, -0.2) is 9.07 Å². The van der Waals surface area contributed by atoms with Gasteiger partial charge in [-0.2, -0.15) is 5.10 Å². The molecular formula is C17H19FN4O2. The number of piperidine rings is 1. The number of halogens is 1. The van der Waals surface area contributed by atoms with Gasteiger partial charge in [0.25, 0.3) is 5.91 Å². The van der Waals surface area contributed by atoms with Gasteiger partial charge in [-0.3, -0.25) is 9.59 Å². The van der Waals surface area contributed by atoms with Crippen LogP contribution in [0, 0.1) is 5.82 Å². The molecule has 0 bridgehead atoms. The lowest BCUT2D eigenvalue weighted by Gasteiger charge is -2.32. The van der Waals surface area contributed by atoms with Crippen molar-refractivity contribution in [2.24, 2.45) is 0 Å². The highest BCUT2D eigenvalue weighted by molar-refractivity contribution is 5.92. The first kappa shape index (κ1) is 16.2. The Labute approximate surface area is 139 Å². The van der Waals surface area contributed by atoms with E-state index in [1.54, 1.807) is 29.3 Å². The van der Waals surface area contributed by atoms with E-state index in [-0.39, 0.29) is 23.7 Å². The van der Waals surface area contributed by atoms with E-state index in [0.717, 1.165) is 12.8 Å². The number of hydrogen-bond donors (Lipinski definition) is 1. The third-order valence-electron chi connectivity index (χ3n) is 4.00. The minimum atomic E-state index is -0.356. The van der Waals surface area contributed by atoms with Gasteiger partial charge in [0.2, 0.25) is 5.91 Å². The third kappa shape index (κ3) is 3.61. The molecule has 2 heterocycles. The number of rotatable bonds is 3. The SMILES string of the molecule is CC(=O)N[C@@H]1CCCN(C(=O)c2ccn(-c3cccc(F)c3)n2)C1. The summed E-state index contributed by atoms with van der Waals surface area (Å²) in [5.74, 6) is -0.630. The maximum absolute atomic E-state index is 13.3. The number of carbonyl (C=O) groups is 2. The Morgan fingerprint density at radius 3 is 2.92 bits per heavy atom. The fraction of sp³-hybridized carbons (Fsp3) is 0.353. The lowest BCUT2D eigenvalue weighted by atomic mass is 10.1. The Morgan fingerprint density at radius 1 is 1.33 bits per heavy atom. The number of amides is 2. The molecule has 1 aromatic carbocycles. The van der Waals surface area contributed by atoms with Crippen LogP contribution in [-0.4, -0.2) is 45.6 Å². The molecule has 7 heteroatoms. The summed E-state index contributed by atoms with van der Waals surface area (Å²) < 4.78 is 14.8. The average Bonchev–Trinajstić information content (AvgIpc) is 3.04. The first-order chi connectivity index (χ1) is 11.5. The normalized spacial score (nSPS) is 17.6. The largest absolute Gasteiger partial charge is 0.352 e. The summed E-state index contributed by atoms with van der Waals surface area (Å²) in [4.78, 5) is 25.5. The molecule has 1 atom stereocenters. The second kappa shape index (κ2) is 6.82. The molecule has 1 aliphatic rings. The van der Waals surface area contributed by atoms with Crippen molar-refractivity contribution in [3.05, 3.63) is 48.0 Å². The standard InChI is InChI=1S/C17H19FN4O2/c1-12(23)19-14-5-3-8-21(11-14)17(24)16-7-9-22(20-16)15-6-2-4-13(18)10-15/h2,4,6-7,9-10,14H,3,5,8,11H2,1H3,(H,19,23)/t14-/m1/s1. The molecule has 2 amide bonds. The minimum absolute atomic E-state index is 0.0227. The Hall–Kier alpha value is -2.70. The molecule has 1 saturated heterocycles. The molecule has 1 aromatic heterocycles. The second-order valence-electron chi connectivity index (χ2n) is 5.92. The Balaban J connectivity index is 1.72. The number of carbonyl (C=O) groups excluding carboxylic acids is 2. The fourth-order valence-electron chi connectivity index (χ4n) is 2.93. The Morgan fingerprint density at radius 2 is 2.17 bits per heavy atom. The number of likely N-dealkylation sites (tertiary alicyclic amines) is 1. The zero-order valence-corrected chi connectivity index (χ0v) is 13.4. The molecule has 0 spiro atoms. The van der Waals surface area contributed by atoms with Gasteiger partial charge >= 0.3 is 0 Å². The third-order valence-corrected chi connectivity index (χ3v) is 4.00. The Kier molecular flexibility index (Phi) is 4.59. The van der Waals surface area contributed by atoms with E-state index in [9.17, 15) is 14.0 Å². The molecule has 24 heavy (non-hydrogen) atoms. The van der Waals surface area contributed by atoms with Gasteiger partial charge in [0.15, 0.2) is 5.69 Å². The summed E-state index contributed by atoms with van der Waals surface area (Å²) in [6.07, 6.45) is 3.33. The Bertz CT molecular complexity index is 759. The highest BCUT2D eigenvalue weighted by atomic mass is 19.1. The molecule has 0 radical (unpaired) electrons. The zero-order valence-electron chi connectivity index (χ0n) is 13.4. The molecule has 1 aliphatic heterocycles. The van der Waals surface area contributed by atoms with E-state index in [1.807, 2.05) is 0 Å². The molecule has 1 fully saturated rings. The first-order valence-corrected chi connectivity index (χ1v) is 7.91. The molecule has 0 unspecified atom stereocenters. The molecule has 0 aliphatic carbocycles. The van der Waals surface area contributed by atoms with Crippen molar-refractivity contribution >= 4 is 11.8 Å². The molecule has 1 N–H and O–H groups in total. The number of aromatic nitrogens is 2. The van der Waals surface area contributed by atoms with Gasteiger partial charge in [-0.05, 0) is 37.1 Å². The van der Waals surface area contributed by atoms with Crippen molar-refractivity contribution < 1.29 is 14.0 Å². The van der Waals surface area contributed by atoms with Crippen LogP contribution in [0.1, 0.15) is 30.3 Å². The van der Waals surface area contributed by atoms with Gasteiger partial charge in [-0.1, -0.05) is 6.07 Å². The topological polar surface area (TPSA) is 67.2 Å². The van der Waals surface area contributed by atoms with Crippen LogP contribution < -0.4 is 5.32 Å². The van der Waals surface area contributed by atoms with Gasteiger partial charge in [0.1, 0.15) is 5.82 Å². The van der Waals surface area contributed by atoms with Crippen molar-refractivity contribution in [3.63, 3.8) is 0 Å². The van der Waals surface area contributed by atoms with E-state index < -0.39 is 0 Å². The van der Waals surface area contributed by atoms with Crippen molar-refractivity contribution in [1.82, 2.24) is 20.0 Å². The molecule has 3 rings (SSSR count). The van der Waals surface area contributed by atoms with Crippen LogP contribution in [0.25, 0.3) is 5.69 Å². The van der Waals surface area contributed by atoms with Gasteiger partial charge in [-0.15, -0.1) is 0 Å². The number of nitrogens with zero attached hydrogens (tertiary/aromatic N) is 3. The van der Waals surface area contributed by atoms with E-state index in [4.69, 9.17) is 0 Å². The summed E-state index contributed by atoms with van der Waals surface area (Å²) in [6, 6.07) is 7.62. The minimum Gasteiger partial charge on any atom is -0.352 e. The van der Waals surface area contributed by atoms with Crippen LogP contribution in [0.5, 0.6) is 0 Å². The van der Waals surface area contributed by atoms with E-state index in [1.165, 1.54) is 23.7 Å². The van der Waals surface area contributed by atoms with Gasteiger partial charge in [0.05, 0.1) is 5.69 Å². The quantitative estimate of drug-likeness (QED) is 0.932. The molecule has 0 saturated carbocycles. The first-order valence-electron chi connectivity index (χ1n) is 7.91. The van der Waals surface area contributed by atoms with Crippen molar-refractivity contribution in [1.29, 1.82) is 0 Å². The predicted octanol–water partition coefficient (Wildman–Crippen LogP) is 1.75. The maximum atomic E-state index is 13.3. The van der Waals surface area contributed by atoms with Crippen molar-refractivity contribution in [2.45, 2.75) is 25.8 Å². The number of hydrogen-bond acceptors (Lipinski definition) is 3. The van der Waals surface area contributed by atoms with Gasteiger partial charge in [0, 0.05) is 32.3 Å². The summed E-state index contributed by atoms with van der Waals surface area (Å²) in [7, 11) is 0. The summed E-state index contributed by atoms with van der Waals surface area (Å²) >= 11 is 0. The maximum Gasteiger partial charge on any atom is 0.274 e. The number of benzene rings is 1. The van der Waals surface area contributed by atoms with Crippen LogP contribution in [0.2, 0.25) is 0 Å². The molecule has 6 nitrogen and oxygen atoms in total. The lowest BCUT2D eigenvalue weighted by Crippen LogP contribution is -2.49. The molecule has 126 valence electrons. The highest BCUT2D eigenvalue weighted by Gasteiger charge is 2.26. The monoisotopic (exact) mass is 330 g/mol. The summed E-state index contributed by atoms with van der Waals surface area (Å²) in [6.45, 7) is 2.59. The summed E-state index contributed by atoms with van der Waals surface area (Å²) in [5.41, 5.74) is 0.867. The highest BCUT2D eigenvalue weighted by Crippen LogP contribution is 2.15. The lowest BCUT2D eigenvalue weighted by molar-refractivity contribution is -0.120. The molecular weight excluding hydrogens is 311 g/mol. The fourth-order valence-corrected chi connectivity index (χ4v) is 2.93. The van der Waals surface area contributed by atoms with E-state index >= 15 is 0 Å². The van der Waals surface area contributed by atoms with Crippen LogP contribution in [0.3, 0.4) is 0 Å². The second-order valence-corrected chi connectivity index (χ2v) is 5.92. The predicted molar refractivity (Wildman–Crippen MR) is 86.3 cm³/mol. The van der Waals surface area contributed by atoms with Crippen LogP contribution in [0.15, 0.2) is 36.5 Å². The van der Waals surface area contributed by atoms with Crippen molar-refractivity contribution in [2.75, 3.05) is 13.1 Å². The van der Waals surface area contributed by atoms with E-state index in [2.05, 4.69) is 10.4 Å². The average molecular weight is 330 g/mol. The van der Waals surface area contributed by atoms with Crippen LogP contribution in [-0.2, 0) is 4.79 Å². The van der Waals surface area contributed by atoms with Gasteiger partial charge < -0.3 is 10.2 Å². The van der Waals surface area contributed by atoms with Crippen LogP contribution in [0.4, 0.5) is 4.39 Å². The van der Waals surface area contributed by atoms with Crippen molar-refractivity contribution in [3.8, 4) is 5.69 Å². The summed E-state index contributed by atoms with van der Waals surface area (Å²) in [5, 5.41) is 7.11. The van der Waals surface area contributed by atoms with Crippen LogP contribution >= 0.6 is 0 Å².